The molecule has 0 saturated carbocycles. The molecule has 4 rings (SSSR count). The zero-order valence-electron chi connectivity index (χ0n) is 23.2. The number of nitrogens with one attached hydrogen (secondary N) is 1. The lowest BCUT2D eigenvalue weighted by Crippen LogP contribution is -2.27. The lowest BCUT2D eigenvalue weighted by Gasteiger charge is -2.22. The van der Waals surface area contributed by atoms with Crippen LogP contribution in [0.1, 0.15) is 25.0 Å². The Kier molecular flexibility index (Phi) is 9.72. The first-order valence-corrected chi connectivity index (χ1v) is 14.0. The van der Waals surface area contributed by atoms with Crippen molar-refractivity contribution >= 4 is 57.6 Å². The molecule has 0 aromatic heterocycles. The van der Waals surface area contributed by atoms with E-state index < -0.39 is 33.5 Å². The maximum absolute atomic E-state index is 13.2. The Bertz CT molecular complexity index is 1600. The Morgan fingerprint density at radius 2 is 1.67 bits per heavy atom. The molecule has 14 heteroatoms. The first-order valence-electron chi connectivity index (χ1n) is 13.1. The summed E-state index contributed by atoms with van der Waals surface area (Å²) in [7, 11) is 0. The van der Waals surface area contributed by atoms with E-state index in [0.29, 0.717) is 30.0 Å². The Labute approximate surface area is 250 Å². The summed E-state index contributed by atoms with van der Waals surface area (Å²) in [6.45, 7) is 4.93. The molecule has 1 fully saturated rings. The predicted molar refractivity (Wildman–Crippen MR) is 162 cm³/mol. The molecule has 1 N–H and O–H groups in total. The number of ether oxygens (including phenoxy) is 1. The number of nitro benzene ring substituents is 2. The van der Waals surface area contributed by atoms with Crippen LogP contribution in [0.2, 0.25) is 0 Å². The van der Waals surface area contributed by atoms with E-state index >= 15 is 0 Å². The van der Waals surface area contributed by atoms with Crippen molar-refractivity contribution in [2.75, 3.05) is 29.9 Å². The number of benzene rings is 3. The van der Waals surface area contributed by atoms with Crippen LogP contribution in [-0.2, 0) is 16.1 Å². The zero-order chi connectivity index (χ0) is 31.1. The topological polar surface area (TPSA) is 165 Å². The molecule has 1 aliphatic rings. The second-order valence-corrected chi connectivity index (χ2v) is 10.2. The number of hydrogen-bond acceptors (Lipinski definition) is 10. The largest absolute Gasteiger partial charge is 0.483 e. The lowest BCUT2D eigenvalue weighted by atomic mass is 10.1. The van der Waals surface area contributed by atoms with Crippen molar-refractivity contribution in [2.45, 2.75) is 20.4 Å². The van der Waals surface area contributed by atoms with Crippen LogP contribution in [0, 0.1) is 20.2 Å². The number of carbonyl (C=O) groups excluding carboxylic acids is 3. The van der Waals surface area contributed by atoms with Crippen molar-refractivity contribution < 1.29 is 29.0 Å². The van der Waals surface area contributed by atoms with Gasteiger partial charge in [0.2, 0.25) is 0 Å². The second kappa shape index (κ2) is 13.6. The van der Waals surface area contributed by atoms with Crippen LogP contribution < -0.4 is 15.0 Å². The Balaban J connectivity index is 1.54. The molecule has 0 bridgehead atoms. The molecule has 1 heterocycles. The van der Waals surface area contributed by atoms with Gasteiger partial charge in [0.1, 0.15) is 5.75 Å². The predicted octanol–water partition coefficient (Wildman–Crippen LogP) is 5.60. The summed E-state index contributed by atoms with van der Waals surface area (Å²) in [5.41, 5.74) is 1.80. The van der Waals surface area contributed by atoms with Crippen molar-refractivity contribution in [3.8, 4) is 5.75 Å². The quantitative estimate of drug-likeness (QED) is 0.156. The fraction of sp³-hybridized carbons (Fsp3) is 0.207. The summed E-state index contributed by atoms with van der Waals surface area (Å²) in [6.07, 6.45) is 1.51. The molecule has 1 saturated heterocycles. The summed E-state index contributed by atoms with van der Waals surface area (Å²) < 4.78 is 5.86. The molecule has 0 unspecified atom stereocenters. The van der Waals surface area contributed by atoms with Gasteiger partial charge in [-0.1, -0.05) is 18.2 Å². The van der Waals surface area contributed by atoms with Gasteiger partial charge in [-0.3, -0.25) is 39.5 Å². The van der Waals surface area contributed by atoms with Gasteiger partial charge >= 0.3 is 0 Å². The highest BCUT2D eigenvalue weighted by molar-refractivity contribution is 8.18. The van der Waals surface area contributed by atoms with Gasteiger partial charge in [-0.2, -0.15) is 0 Å². The van der Waals surface area contributed by atoms with Crippen molar-refractivity contribution in [2.24, 2.45) is 0 Å². The monoisotopic (exact) mass is 605 g/mol. The molecule has 0 atom stereocenters. The fourth-order valence-electron chi connectivity index (χ4n) is 4.27. The molecule has 13 nitrogen and oxygen atoms in total. The molecule has 1 aliphatic heterocycles. The van der Waals surface area contributed by atoms with Gasteiger partial charge in [0.05, 0.1) is 21.3 Å². The molecule has 0 radical (unpaired) electrons. The normalized spacial score (nSPS) is 13.7. The minimum absolute atomic E-state index is 0.0535. The minimum atomic E-state index is -0.565. The number of amides is 3. The lowest BCUT2D eigenvalue weighted by molar-refractivity contribution is -0.385. The maximum Gasteiger partial charge on any atom is 0.293 e. The first kappa shape index (κ1) is 30.7. The highest BCUT2D eigenvalue weighted by atomic mass is 32.2. The molecule has 3 amide bonds. The smallest absolute Gasteiger partial charge is 0.293 e. The Morgan fingerprint density at radius 3 is 2.33 bits per heavy atom. The van der Waals surface area contributed by atoms with Crippen LogP contribution >= 0.6 is 11.8 Å². The molecule has 222 valence electrons. The van der Waals surface area contributed by atoms with Crippen molar-refractivity contribution in [3.63, 3.8) is 0 Å². The average Bonchev–Trinajstić information content (AvgIpc) is 3.25. The van der Waals surface area contributed by atoms with E-state index in [0.717, 1.165) is 22.3 Å². The van der Waals surface area contributed by atoms with E-state index in [-0.39, 0.29) is 28.5 Å². The third-order valence-electron chi connectivity index (χ3n) is 6.47. The number of thioether (sulfide) groups is 1. The van der Waals surface area contributed by atoms with Gasteiger partial charge in [-0.25, -0.2) is 0 Å². The summed E-state index contributed by atoms with van der Waals surface area (Å²) in [6, 6.07) is 16.4. The van der Waals surface area contributed by atoms with E-state index in [9.17, 15) is 34.6 Å². The molecule has 43 heavy (non-hydrogen) atoms. The van der Waals surface area contributed by atoms with E-state index in [2.05, 4.69) is 10.2 Å². The summed E-state index contributed by atoms with van der Waals surface area (Å²) in [5.74, 6) is -0.792. The average molecular weight is 606 g/mol. The molecule has 0 spiro atoms. The molecule has 3 aromatic carbocycles. The van der Waals surface area contributed by atoms with E-state index in [4.69, 9.17) is 4.74 Å². The number of non-ortho nitro benzene ring substituents is 2. The van der Waals surface area contributed by atoms with Gasteiger partial charge in [0.25, 0.3) is 28.4 Å². The van der Waals surface area contributed by atoms with Crippen LogP contribution in [0.5, 0.6) is 5.75 Å². The zero-order valence-corrected chi connectivity index (χ0v) is 24.0. The second-order valence-electron chi connectivity index (χ2n) is 9.23. The van der Waals surface area contributed by atoms with E-state index in [1.807, 2.05) is 19.9 Å². The van der Waals surface area contributed by atoms with Gasteiger partial charge in [0.15, 0.2) is 6.61 Å². The van der Waals surface area contributed by atoms with Gasteiger partial charge in [-0.15, -0.1) is 0 Å². The van der Waals surface area contributed by atoms with Gasteiger partial charge < -0.3 is 15.0 Å². The molecule has 0 aliphatic carbocycles. The highest BCUT2D eigenvalue weighted by Gasteiger charge is 2.35. The van der Waals surface area contributed by atoms with Crippen molar-refractivity contribution in [1.82, 2.24) is 4.90 Å². The first-order chi connectivity index (χ1) is 20.6. The number of anilines is 2. The minimum Gasteiger partial charge on any atom is -0.483 e. The standard InChI is InChI=1S/C29H27N5O8S/c1-3-31(4-2)23-13-10-20(25(16-23)42-18-27(35)30-21-6-5-7-24(15-21)34(40)41)14-26-28(36)32(29(37)43-26)17-19-8-11-22(12-9-19)33(38)39/h5-16H,3-4,17-18H2,1-2H3,(H,30,35). The third kappa shape index (κ3) is 7.54. The third-order valence-corrected chi connectivity index (χ3v) is 7.38. The van der Waals surface area contributed by atoms with Crippen LogP contribution in [-0.4, -0.2) is 51.5 Å². The van der Waals surface area contributed by atoms with Crippen LogP contribution in [0.15, 0.2) is 71.6 Å². The van der Waals surface area contributed by atoms with E-state index in [1.54, 1.807) is 12.1 Å². The molecule has 3 aromatic rings. The van der Waals surface area contributed by atoms with Gasteiger partial charge in [0, 0.05) is 60.4 Å². The number of imide groups is 1. The SMILES string of the molecule is CCN(CC)c1ccc(C=C2SC(=O)N(Cc3ccc([N+](=O)[O-])cc3)C2=O)c(OCC(=O)Nc2cccc([N+](=O)[O-])c2)c1. The number of nitro groups is 2. The molecular weight excluding hydrogens is 578 g/mol. The fourth-order valence-corrected chi connectivity index (χ4v) is 5.10. The van der Waals surface area contributed by atoms with Crippen LogP contribution in [0.25, 0.3) is 6.08 Å². The molecular formula is C29H27N5O8S. The number of carbonyl (C=O) groups is 3. The number of nitrogens with zero attached hydrogens (tertiary/aromatic N) is 4. The summed E-state index contributed by atoms with van der Waals surface area (Å²) in [4.78, 5) is 62.7. The summed E-state index contributed by atoms with van der Waals surface area (Å²) in [5, 5.41) is 24.0. The van der Waals surface area contributed by atoms with Gasteiger partial charge in [-0.05, 0) is 55.4 Å². The van der Waals surface area contributed by atoms with Crippen molar-refractivity contribution in [3.05, 3.63) is 103 Å². The van der Waals surface area contributed by atoms with E-state index in [1.165, 1.54) is 54.6 Å². The number of rotatable bonds is 12. The van der Waals surface area contributed by atoms with Crippen molar-refractivity contribution in [1.29, 1.82) is 0 Å². The number of hydrogen-bond donors (Lipinski definition) is 1. The van der Waals surface area contributed by atoms with Crippen LogP contribution in [0.3, 0.4) is 0 Å². The van der Waals surface area contributed by atoms with Crippen LogP contribution in [0.4, 0.5) is 27.5 Å². The Hall–Kier alpha value is -5.24. The maximum atomic E-state index is 13.2. The Morgan fingerprint density at radius 1 is 0.977 bits per heavy atom. The summed E-state index contributed by atoms with van der Waals surface area (Å²) >= 11 is 0.752. The highest BCUT2D eigenvalue weighted by Crippen LogP contribution is 2.36.